The first kappa shape index (κ1) is 26.7. The molecule has 10 N–H and O–H groups in total. The van der Waals surface area contributed by atoms with Gasteiger partial charge in [0.2, 0.25) is 11.8 Å². The molecule has 0 aliphatic carbocycles. The van der Waals surface area contributed by atoms with E-state index in [1.807, 2.05) is 13.8 Å². The number of phenolic OH excluding ortho intramolecular Hbond substituents is 1. The minimum Gasteiger partial charge on any atom is -0.508 e. The van der Waals surface area contributed by atoms with Gasteiger partial charge in [0.1, 0.15) is 17.8 Å². The van der Waals surface area contributed by atoms with Gasteiger partial charge in [-0.15, -0.1) is 0 Å². The molecule has 0 radical (unpaired) electrons. The third-order valence-electron chi connectivity index (χ3n) is 4.63. The lowest BCUT2D eigenvalue weighted by molar-refractivity contribution is -0.142. The summed E-state index contributed by atoms with van der Waals surface area (Å²) in [6.45, 7) is 3.94. The molecule has 3 unspecified atom stereocenters. The lowest BCUT2D eigenvalue weighted by atomic mass is 10.0. The second-order valence-electron chi connectivity index (χ2n) is 8.02. The Balaban J connectivity index is 2.84. The summed E-state index contributed by atoms with van der Waals surface area (Å²) in [5.41, 5.74) is 17.3. The number of guanidine groups is 1. The minimum absolute atomic E-state index is 0.0463. The van der Waals surface area contributed by atoms with Gasteiger partial charge in [-0.05, 0) is 49.3 Å². The van der Waals surface area contributed by atoms with E-state index < -0.39 is 35.9 Å². The van der Waals surface area contributed by atoms with Gasteiger partial charge in [0, 0.05) is 6.54 Å². The molecular formula is C21H34N6O5. The lowest BCUT2D eigenvalue weighted by Crippen LogP contribution is -2.55. The van der Waals surface area contributed by atoms with Crippen LogP contribution in [-0.4, -0.2) is 58.6 Å². The molecule has 1 rings (SSSR count). The number of nitrogens with zero attached hydrogens (tertiary/aromatic N) is 1. The Morgan fingerprint density at radius 1 is 1.03 bits per heavy atom. The number of hydrogen-bond acceptors (Lipinski definition) is 6. The number of nitrogens with one attached hydrogen (secondary N) is 2. The van der Waals surface area contributed by atoms with Crippen molar-refractivity contribution < 1.29 is 24.6 Å². The fourth-order valence-electron chi connectivity index (χ4n) is 2.99. The number of carbonyl (C=O) groups is 3. The number of carboxylic acids is 1. The summed E-state index contributed by atoms with van der Waals surface area (Å²) in [5, 5.41) is 23.9. The molecule has 0 aromatic heterocycles. The predicted octanol–water partition coefficient (Wildman–Crippen LogP) is -0.584. The van der Waals surface area contributed by atoms with Crippen molar-refractivity contribution in [1.82, 2.24) is 10.6 Å². The zero-order chi connectivity index (χ0) is 24.3. The van der Waals surface area contributed by atoms with Gasteiger partial charge < -0.3 is 38.0 Å². The Morgan fingerprint density at radius 3 is 2.16 bits per heavy atom. The number of aliphatic carboxylic acids is 1. The van der Waals surface area contributed by atoms with Crippen LogP contribution in [0.15, 0.2) is 29.3 Å². The standard InChI is InChI=1S/C21H34N6O5/c1-12(2)10-17(20(31)32)27-19(30)16(4-3-9-25-21(23)24)26-18(29)15(22)11-13-5-7-14(28)8-6-13/h5-8,12,15-17,28H,3-4,9-11,22H2,1-2H3,(H,26,29)(H,27,30)(H,31,32)(H4,23,24,25). The molecule has 11 heteroatoms. The van der Waals surface area contributed by atoms with Crippen LogP contribution < -0.4 is 27.8 Å². The Hall–Kier alpha value is -3.34. The molecular weight excluding hydrogens is 416 g/mol. The highest BCUT2D eigenvalue weighted by Gasteiger charge is 2.28. The van der Waals surface area contributed by atoms with E-state index in [1.165, 1.54) is 12.1 Å². The molecule has 0 aliphatic rings. The average molecular weight is 451 g/mol. The normalized spacial score (nSPS) is 13.6. The summed E-state index contributed by atoms with van der Waals surface area (Å²) < 4.78 is 0. The van der Waals surface area contributed by atoms with Crippen molar-refractivity contribution in [2.45, 2.75) is 57.7 Å². The molecule has 0 saturated carbocycles. The zero-order valence-corrected chi connectivity index (χ0v) is 18.5. The monoisotopic (exact) mass is 450 g/mol. The molecule has 2 amide bonds. The van der Waals surface area contributed by atoms with Crippen molar-refractivity contribution in [2.75, 3.05) is 6.54 Å². The van der Waals surface area contributed by atoms with Crippen molar-refractivity contribution >= 4 is 23.7 Å². The fraction of sp³-hybridized carbons (Fsp3) is 0.524. The van der Waals surface area contributed by atoms with E-state index in [-0.39, 0.29) is 43.4 Å². The molecule has 0 heterocycles. The van der Waals surface area contributed by atoms with Crippen molar-refractivity contribution in [1.29, 1.82) is 0 Å². The highest BCUT2D eigenvalue weighted by Crippen LogP contribution is 2.11. The van der Waals surface area contributed by atoms with Crippen LogP contribution in [0, 0.1) is 5.92 Å². The van der Waals surface area contributed by atoms with E-state index in [9.17, 15) is 24.6 Å². The van der Waals surface area contributed by atoms with Crippen LogP contribution in [0.4, 0.5) is 0 Å². The summed E-state index contributed by atoms with van der Waals surface area (Å²) in [5.74, 6) is -2.28. The number of phenols is 1. The minimum atomic E-state index is -1.15. The Bertz CT molecular complexity index is 792. The molecule has 0 aliphatic heterocycles. The van der Waals surface area contributed by atoms with E-state index in [1.54, 1.807) is 12.1 Å². The van der Waals surface area contributed by atoms with Crippen LogP contribution in [0.25, 0.3) is 0 Å². The van der Waals surface area contributed by atoms with E-state index in [0.717, 1.165) is 5.56 Å². The second-order valence-corrected chi connectivity index (χ2v) is 8.02. The van der Waals surface area contributed by atoms with E-state index in [2.05, 4.69) is 15.6 Å². The Kier molecular flexibility index (Phi) is 11.0. The number of aliphatic imine (C=N–C) groups is 1. The molecule has 0 spiro atoms. The van der Waals surface area contributed by atoms with Gasteiger partial charge in [-0.2, -0.15) is 0 Å². The largest absolute Gasteiger partial charge is 0.508 e. The fourth-order valence-corrected chi connectivity index (χ4v) is 2.99. The second kappa shape index (κ2) is 13.2. The van der Waals surface area contributed by atoms with E-state index >= 15 is 0 Å². The predicted molar refractivity (Wildman–Crippen MR) is 121 cm³/mol. The first-order valence-electron chi connectivity index (χ1n) is 10.4. The molecule has 32 heavy (non-hydrogen) atoms. The number of benzene rings is 1. The molecule has 0 saturated heterocycles. The lowest BCUT2D eigenvalue weighted by Gasteiger charge is -2.23. The highest BCUT2D eigenvalue weighted by molar-refractivity contribution is 5.91. The molecule has 11 nitrogen and oxygen atoms in total. The van der Waals surface area contributed by atoms with Crippen LogP contribution in [0.3, 0.4) is 0 Å². The third-order valence-corrected chi connectivity index (χ3v) is 4.63. The first-order chi connectivity index (χ1) is 15.0. The summed E-state index contributed by atoms with van der Waals surface area (Å²) in [7, 11) is 0. The van der Waals surface area contributed by atoms with Crippen LogP contribution in [0.5, 0.6) is 5.75 Å². The molecule has 3 atom stereocenters. The van der Waals surface area contributed by atoms with Crippen LogP contribution in [0.1, 0.15) is 38.7 Å². The van der Waals surface area contributed by atoms with Crippen molar-refractivity contribution in [3.05, 3.63) is 29.8 Å². The van der Waals surface area contributed by atoms with Gasteiger partial charge in [-0.1, -0.05) is 26.0 Å². The highest BCUT2D eigenvalue weighted by atomic mass is 16.4. The van der Waals surface area contributed by atoms with Gasteiger partial charge >= 0.3 is 5.97 Å². The van der Waals surface area contributed by atoms with Gasteiger partial charge in [0.05, 0.1) is 6.04 Å². The number of nitrogens with two attached hydrogens (primary N) is 3. The van der Waals surface area contributed by atoms with Crippen molar-refractivity contribution in [3.8, 4) is 5.75 Å². The van der Waals surface area contributed by atoms with Crippen LogP contribution in [0.2, 0.25) is 0 Å². The number of rotatable bonds is 13. The number of carboxylic acid groups (broad SMARTS) is 1. The zero-order valence-electron chi connectivity index (χ0n) is 18.5. The number of amides is 2. The topological polar surface area (TPSA) is 206 Å². The first-order valence-corrected chi connectivity index (χ1v) is 10.4. The van der Waals surface area contributed by atoms with Gasteiger partial charge in [0.15, 0.2) is 5.96 Å². The average Bonchev–Trinajstić information content (AvgIpc) is 2.70. The quantitative estimate of drug-likeness (QED) is 0.117. The van der Waals surface area contributed by atoms with Crippen LogP contribution in [-0.2, 0) is 20.8 Å². The molecule has 1 aromatic rings. The number of hydrogen-bond donors (Lipinski definition) is 7. The third kappa shape index (κ3) is 10.1. The Labute approximate surface area is 187 Å². The maximum atomic E-state index is 12.8. The van der Waals surface area contributed by atoms with Crippen molar-refractivity contribution in [3.63, 3.8) is 0 Å². The van der Waals surface area contributed by atoms with Crippen molar-refractivity contribution in [2.24, 2.45) is 28.1 Å². The van der Waals surface area contributed by atoms with Gasteiger partial charge in [0.25, 0.3) is 0 Å². The molecule has 178 valence electrons. The summed E-state index contributed by atoms with van der Waals surface area (Å²) >= 11 is 0. The summed E-state index contributed by atoms with van der Waals surface area (Å²) in [6, 6.07) is 3.23. The summed E-state index contributed by atoms with van der Waals surface area (Å²) in [4.78, 5) is 40.7. The molecule has 1 aromatic carbocycles. The molecule has 0 fully saturated rings. The smallest absolute Gasteiger partial charge is 0.326 e. The van der Waals surface area contributed by atoms with Crippen LogP contribution >= 0.6 is 0 Å². The van der Waals surface area contributed by atoms with E-state index in [0.29, 0.717) is 6.42 Å². The molecule has 0 bridgehead atoms. The maximum absolute atomic E-state index is 12.8. The number of aromatic hydroxyl groups is 1. The van der Waals surface area contributed by atoms with Gasteiger partial charge in [-0.3, -0.25) is 14.6 Å². The number of carbonyl (C=O) groups excluding carboxylic acids is 2. The summed E-state index contributed by atoms with van der Waals surface area (Å²) in [6.07, 6.45) is 1.01. The SMILES string of the molecule is CC(C)CC(NC(=O)C(CCCN=C(N)N)NC(=O)C(N)Cc1ccc(O)cc1)C(=O)O. The maximum Gasteiger partial charge on any atom is 0.326 e. The van der Waals surface area contributed by atoms with E-state index in [4.69, 9.17) is 17.2 Å². The van der Waals surface area contributed by atoms with Gasteiger partial charge in [-0.25, -0.2) is 4.79 Å². The Morgan fingerprint density at radius 2 is 1.62 bits per heavy atom.